The topological polar surface area (TPSA) is 105 Å². The van der Waals surface area contributed by atoms with E-state index in [1.54, 1.807) is 33.8 Å². The maximum absolute atomic E-state index is 13.2. The van der Waals surface area contributed by atoms with Gasteiger partial charge in [-0.3, -0.25) is 9.69 Å². The third-order valence-electron chi connectivity index (χ3n) is 6.43. The van der Waals surface area contributed by atoms with Crippen LogP contribution in [0.3, 0.4) is 0 Å². The Hall–Kier alpha value is -3.22. The van der Waals surface area contributed by atoms with E-state index in [9.17, 15) is 17.6 Å². The van der Waals surface area contributed by atoms with E-state index < -0.39 is 10.0 Å². The average Bonchev–Trinajstić information content (AvgIpc) is 3.58. The normalized spacial score (nSPS) is 17.7. The predicted octanol–water partition coefficient (Wildman–Crippen LogP) is 1.54. The summed E-state index contributed by atoms with van der Waals surface area (Å²) in [6, 6.07) is 12.2. The highest BCUT2D eigenvalue weighted by molar-refractivity contribution is 7.89. The number of carbonyl (C=O) groups excluding carboxylic acids is 1. The molecule has 2 aliphatic heterocycles. The molecule has 0 unspecified atom stereocenters. The Labute approximate surface area is 203 Å². The molecule has 184 valence electrons. The van der Waals surface area contributed by atoms with Crippen LogP contribution in [0.25, 0.3) is 5.69 Å². The quantitative estimate of drug-likeness (QED) is 0.507. The van der Waals surface area contributed by atoms with Gasteiger partial charge in [-0.15, -0.1) is 5.10 Å². The van der Waals surface area contributed by atoms with Crippen molar-refractivity contribution < 1.29 is 17.6 Å². The van der Waals surface area contributed by atoms with Crippen molar-refractivity contribution in [2.45, 2.75) is 24.3 Å². The highest BCUT2D eigenvalue weighted by Gasteiger charge is 2.28. The van der Waals surface area contributed by atoms with Crippen LogP contribution in [-0.2, 0) is 16.6 Å². The lowest BCUT2D eigenvalue weighted by atomic mass is 10.2. The molecule has 0 saturated carbocycles. The summed E-state index contributed by atoms with van der Waals surface area (Å²) in [5.41, 5.74) is 1.15. The fraction of sp³-hybridized carbons (Fsp3) is 0.391. The second-order valence-corrected chi connectivity index (χ2v) is 10.6. The van der Waals surface area contributed by atoms with Gasteiger partial charge in [0.05, 0.1) is 17.1 Å². The van der Waals surface area contributed by atoms with E-state index in [0.717, 1.165) is 12.8 Å². The third kappa shape index (κ3) is 4.95. The van der Waals surface area contributed by atoms with Crippen molar-refractivity contribution in [3.05, 3.63) is 65.7 Å². The van der Waals surface area contributed by atoms with E-state index in [0.29, 0.717) is 62.9 Å². The number of halogens is 1. The molecule has 0 bridgehead atoms. The second-order valence-electron chi connectivity index (χ2n) is 8.69. The van der Waals surface area contributed by atoms with Gasteiger partial charge < -0.3 is 4.90 Å². The first kappa shape index (κ1) is 23.5. The van der Waals surface area contributed by atoms with Crippen molar-refractivity contribution in [1.29, 1.82) is 0 Å². The first-order chi connectivity index (χ1) is 16.9. The third-order valence-corrected chi connectivity index (χ3v) is 8.35. The Morgan fingerprint density at radius 1 is 0.886 bits per heavy atom. The fourth-order valence-electron chi connectivity index (χ4n) is 4.43. The molecule has 12 heteroatoms. The molecule has 2 aliphatic rings. The molecule has 3 heterocycles. The second kappa shape index (κ2) is 9.80. The minimum Gasteiger partial charge on any atom is -0.336 e. The van der Waals surface area contributed by atoms with Crippen molar-refractivity contribution in [3.63, 3.8) is 0 Å². The van der Waals surface area contributed by atoms with Crippen LogP contribution in [0, 0.1) is 5.82 Å². The minimum absolute atomic E-state index is 0.120. The van der Waals surface area contributed by atoms with E-state index in [2.05, 4.69) is 20.4 Å². The zero-order chi connectivity index (χ0) is 24.4. The molecule has 35 heavy (non-hydrogen) atoms. The van der Waals surface area contributed by atoms with Gasteiger partial charge >= 0.3 is 0 Å². The molecular formula is C23H26FN7O3S. The van der Waals surface area contributed by atoms with Gasteiger partial charge in [0.15, 0.2) is 5.82 Å². The van der Waals surface area contributed by atoms with Crippen LogP contribution >= 0.6 is 0 Å². The molecule has 2 fully saturated rings. The number of rotatable bonds is 6. The molecule has 5 rings (SSSR count). The molecular weight excluding hydrogens is 473 g/mol. The number of aromatic nitrogens is 4. The standard InChI is InChI=1S/C23H26FN7O3S/c24-19-5-7-20(8-6-19)31-22(25-26-27-31)17-28-13-15-29(16-14-28)23(32)18-3-9-21(10-4-18)35(33,34)30-11-1-2-12-30/h3-10H,1-2,11-17H2. The molecule has 1 aromatic heterocycles. The summed E-state index contributed by atoms with van der Waals surface area (Å²) < 4.78 is 41.7. The van der Waals surface area contributed by atoms with E-state index in [4.69, 9.17) is 0 Å². The number of hydrogen-bond donors (Lipinski definition) is 0. The number of nitrogens with zero attached hydrogens (tertiary/aromatic N) is 7. The molecule has 0 radical (unpaired) electrons. The molecule has 0 N–H and O–H groups in total. The first-order valence-electron chi connectivity index (χ1n) is 11.6. The number of carbonyl (C=O) groups is 1. The fourth-order valence-corrected chi connectivity index (χ4v) is 5.94. The van der Waals surface area contributed by atoms with Gasteiger partial charge in [0.25, 0.3) is 5.91 Å². The number of tetrazole rings is 1. The van der Waals surface area contributed by atoms with Gasteiger partial charge in [-0.2, -0.15) is 8.99 Å². The number of benzene rings is 2. The zero-order valence-corrected chi connectivity index (χ0v) is 19.9. The summed E-state index contributed by atoms with van der Waals surface area (Å²) in [4.78, 5) is 17.1. The van der Waals surface area contributed by atoms with E-state index >= 15 is 0 Å². The van der Waals surface area contributed by atoms with Crippen LogP contribution in [0.5, 0.6) is 0 Å². The lowest BCUT2D eigenvalue weighted by Gasteiger charge is -2.34. The maximum Gasteiger partial charge on any atom is 0.253 e. The number of amides is 1. The number of piperazine rings is 1. The summed E-state index contributed by atoms with van der Waals surface area (Å²) >= 11 is 0. The monoisotopic (exact) mass is 499 g/mol. The Balaban J connectivity index is 1.18. The summed E-state index contributed by atoms with van der Waals surface area (Å²) in [6.07, 6.45) is 1.76. The largest absolute Gasteiger partial charge is 0.336 e. The Morgan fingerprint density at radius 3 is 2.20 bits per heavy atom. The molecule has 3 aromatic rings. The van der Waals surface area contributed by atoms with Gasteiger partial charge in [-0.05, 0) is 71.8 Å². The van der Waals surface area contributed by atoms with Gasteiger partial charge in [0, 0.05) is 44.8 Å². The SMILES string of the molecule is O=C(c1ccc(S(=O)(=O)N2CCCC2)cc1)N1CCN(Cc2nnnn2-c2ccc(F)cc2)CC1. The molecule has 2 aromatic carbocycles. The van der Waals surface area contributed by atoms with Crippen molar-refractivity contribution in [2.75, 3.05) is 39.3 Å². The van der Waals surface area contributed by atoms with Crippen molar-refractivity contribution in [1.82, 2.24) is 34.3 Å². The molecule has 10 nitrogen and oxygen atoms in total. The van der Waals surface area contributed by atoms with Crippen LogP contribution in [-0.4, -0.2) is 87.9 Å². The summed E-state index contributed by atoms with van der Waals surface area (Å²) in [7, 11) is -3.50. The van der Waals surface area contributed by atoms with E-state index in [1.807, 2.05) is 0 Å². The summed E-state index contributed by atoms with van der Waals surface area (Å²) in [5, 5.41) is 11.9. The minimum atomic E-state index is -3.50. The highest BCUT2D eigenvalue weighted by Crippen LogP contribution is 2.22. The molecule has 0 atom stereocenters. The molecule has 1 amide bonds. The van der Waals surface area contributed by atoms with Crippen LogP contribution < -0.4 is 0 Å². The van der Waals surface area contributed by atoms with Crippen LogP contribution in [0.15, 0.2) is 53.4 Å². The van der Waals surface area contributed by atoms with E-state index in [1.165, 1.54) is 28.6 Å². The highest BCUT2D eigenvalue weighted by atomic mass is 32.2. The van der Waals surface area contributed by atoms with Crippen molar-refractivity contribution in [3.8, 4) is 5.69 Å². The summed E-state index contributed by atoms with van der Waals surface area (Å²) in [6.45, 7) is 3.94. The smallest absolute Gasteiger partial charge is 0.253 e. The Morgan fingerprint density at radius 2 is 1.54 bits per heavy atom. The van der Waals surface area contributed by atoms with Gasteiger partial charge in [-0.25, -0.2) is 12.8 Å². The number of hydrogen-bond acceptors (Lipinski definition) is 7. The Kier molecular flexibility index (Phi) is 6.58. The first-order valence-corrected chi connectivity index (χ1v) is 13.0. The average molecular weight is 500 g/mol. The van der Waals surface area contributed by atoms with Gasteiger partial charge in [0.2, 0.25) is 10.0 Å². The lowest BCUT2D eigenvalue weighted by Crippen LogP contribution is -2.48. The molecule has 2 saturated heterocycles. The van der Waals surface area contributed by atoms with Crippen LogP contribution in [0.1, 0.15) is 29.0 Å². The Bertz CT molecular complexity index is 1280. The van der Waals surface area contributed by atoms with Crippen LogP contribution in [0.2, 0.25) is 0 Å². The van der Waals surface area contributed by atoms with Gasteiger partial charge in [0.1, 0.15) is 5.82 Å². The molecule has 0 spiro atoms. The van der Waals surface area contributed by atoms with Gasteiger partial charge in [-0.1, -0.05) is 0 Å². The van der Waals surface area contributed by atoms with Crippen molar-refractivity contribution >= 4 is 15.9 Å². The number of sulfonamides is 1. The summed E-state index contributed by atoms with van der Waals surface area (Å²) in [5.74, 6) is 0.184. The maximum atomic E-state index is 13.2. The van der Waals surface area contributed by atoms with Crippen molar-refractivity contribution in [2.24, 2.45) is 0 Å². The lowest BCUT2D eigenvalue weighted by molar-refractivity contribution is 0.0624. The zero-order valence-electron chi connectivity index (χ0n) is 19.1. The van der Waals surface area contributed by atoms with Crippen LogP contribution in [0.4, 0.5) is 4.39 Å². The predicted molar refractivity (Wildman–Crippen MR) is 125 cm³/mol. The molecule has 0 aliphatic carbocycles. The van der Waals surface area contributed by atoms with E-state index in [-0.39, 0.29) is 16.6 Å².